The quantitative estimate of drug-likeness (QED) is 0.727. The SMILES string of the molecule is O=C(NCC(c1ccco1)N1CCCCC1)c1cn(-c2ccccc2)nn1. The number of furan rings is 1. The van der Waals surface area contributed by atoms with Crippen LogP contribution < -0.4 is 5.32 Å². The number of hydrogen-bond donors (Lipinski definition) is 1. The third-order valence-electron chi connectivity index (χ3n) is 4.91. The lowest BCUT2D eigenvalue weighted by Gasteiger charge is -2.33. The lowest BCUT2D eigenvalue weighted by atomic mass is 10.1. The van der Waals surface area contributed by atoms with Gasteiger partial charge in [-0.3, -0.25) is 9.69 Å². The van der Waals surface area contributed by atoms with Crippen molar-refractivity contribution in [3.8, 4) is 5.69 Å². The van der Waals surface area contributed by atoms with Crippen molar-refractivity contribution < 1.29 is 9.21 Å². The molecule has 1 fully saturated rings. The normalized spacial score (nSPS) is 16.1. The predicted octanol–water partition coefficient (Wildman–Crippen LogP) is 2.82. The van der Waals surface area contributed by atoms with E-state index in [2.05, 4.69) is 20.5 Å². The van der Waals surface area contributed by atoms with Crippen LogP contribution in [0.2, 0.25) is 0 Å². The molecule has 1 amide bonds. The van der Waals surface area contributed by atoms with Crippen molar-refractivity contribution in [2.24, 2.45) is 0 Å². The van der Waals surface area contributed by atoms with Gasteiger partial charge < -0.3 is 9.73 Å². The number of likely N-dealkylation sites (tertiary alicyclic amines) is 1. The Kier molecular flexibility index (Phi) is 5.29. The number of carbonyl (C=O) groups excluding carboxylic acids is 1. The second-order valence-corrected chi connectivity index (χ2v) is 6.72. The summed E-state index contributed by atoms with van der Waals surface area (Å²) in [5, 5.41) is 11.1. The zero-order chi connectivity index (χ0) is 18.5. The fraction of sp³-hybridized carbons (Fsp3) is 0.350. The molecule has 0 aliphatic carbocycles. The predicted molar refractivity (Wildman–Crippen MR) is 101 cm³/mol. The fourth-order valence-electron chi connectivity index (χ4n) is 3.48. The fourth-order valence-corrected chi connectivity index (χ4v) is 3.48. The van der Waals surface area contributed by atoms with E-state index < -0.39 is 0 Å². The summed E-state index contributed by atoms with van der Waals surface area (Å²) in [5.41, 5.74) is 1.17. The lowest BCUT2D eigenvalue weighted by Crippen LogP contribution is -2.40. The van der Waals surface area contributed by atoms with Gasteiger partial charge in [0, 0.05) is 6.54 Å². The molecule has 140 valence electrons. The van der Waals surface area contributed by atoms with Gasteiger partial charge in [-0.05, 0) is 50.2 Å². The first kappa shape index (κ1) is 17.5. The van der Waals surface area contributed by atoms with Crippen LogP contribution in [-0.4, -0.2) is 45.4 Å². The number of rotatable bonds is 6. The second-order valence-electron chi connectivity index (χ2n) is 6.72. The van der Waals surface area contributed by atoms with Crippen LogP contribution in [0, 0.1) is 0 Å². The Bertz CT molecular complexity index is 854. The van der Waals surface area contributed by atoms with Gasteiger partial charge in [0.15, 0.2) is 5.69 Å². The van der Waals surface area contributed by atoms with Crippen molar-refractivity contribution >= 4 is 5.91 Å². The molecule has 1 unspecified atom stereocenters. The summed E-state index contributed by atoms with van der Waals surface area (Å²) in [6.45, 7) is 2.52. The average molecular weight is 365 g/mol. The highest BCUT2D eigenvalue weighted by atomic mass is 16.3. The molecule has 0 spiro atoms. The molecule has 1 atom stereocenters. The molecule has 2 aromatic heterocycles. The van der Waals surface area contributed by atoms with E-state index in [1.54, 1.807) is 17.1 Å². The zero-order valence-electron chi connectivity index (χ0n) is 15.1. The standard InChI is InChI=1S/C20H23N5O2/c26-20(17-15-25(23-22-17)16-8-3-1-4-9-16)21-14-18(19-10-7-13-27-19)24-11-5-2-6-12-24/h1,3-4,7-10,13,15,18H,2,5-6,11-12,14H2,(H,21,26). The van der Waals surface area contributed by atoms with Crippen molar-refractivity contribution in [2.45, 2.75) is 25.3 Å². The van der Waals surface area contributed by atoms with Gasteiger partial charge in [-0.2, -0.15) is 0 Å². The summed E-state index contributed by atoms with van der Waals surface area (Å²) in [5.74, 6) is 0.649. The van der Waals surface area contributed by atoms with E-state index in [4.69, 9.17) is 4.42 Å². The molecule has 3 heterocycles. The molecule has 1 saturated heterocycles. The Morgan fingerprint density at radius 2 is 1.93 bits per heavy atom. The molecule has 1 aliphatic heterocycles. The number of aromatic nitrogens is 3. The first-order valence-corrected chi connectivity index (χ1v) is 9.35. The van der Waals surface area contributed by atoms with Crippen molar-refractivity contribution in [1.29, 1.82) is 0 Å². The van der Waals surface area contributed by atoms with Crippen molar-refractivity contribution in [3.63, 3.8) is 0 Å². The van der Waals surface area contributed by atoms with Crippen LogP contribution in [0.25, 0.3) is 5.69 Å². The van der Waals surface area contributed by atoms with E-state index in [1.165, 1.54) is 19.3 Å². The molecule has 1 aromatic carbocycles. The summed E-state index contributed by atoms with van der Waals surface area (Å²) in [6, 6.07) is 13.5. The molecular weight excluding hydrogens is 342 g/mol. The van der Waals surface area contributed by atoms with Crippen LogP contribution in [0.1, 0.15) is 41.6 Å². The number of hydrogen-bond acceptors (Lipinski definition) is 5. The van der Waals surface area contributed by atoms with Gasteiger partial charge >= 0.3 is 0 Å². The van der Waals surface area contributed by atoms with Crippen LogP contribution in [0.4, 0.5) is 0 Å². The zero-order valence-corrected chi connectivity index (χ0v) is 15.1. The monoisotopic (exact) mass is 365 g/mol. The molecule has 7 heteroatoms. The van der Waals surface area contributed by atoms with Gasteiger partial charge in [0.1, 0.15) is 5.76 Å². The highest BCUT2D eigenvalue weighted by Gasteiger charge is 2.25. The minimum absolute atomic E-state index is 0.0356. The number of nitrogens with zero attached hydrogens (tertiary/aromatic N) is 4. The van der Waals surface area contributed by atoms with Gasteiger partial charge in [0.25, 0.3) is 5.91 Å². The Hall–Kier alpha value is -2.93. The van der Waals surface area contributed by atoms with E-state index in [1.807, 2.05) is 42.5 Å². The van der Waals surface area contributed by atoms with E-state index in [0.29, 0.717) is 12.2 Å². The first-order valence-electron chi connectivity index (χ1n) is 9.35. The Morgan fingerprint density at radius 1 is 1.11 bits per heavy atom. The molecule has 0 radical (unpaired) electrons. The summed E-state index contributed by atoms with van der Waals surface area (Å²) >= 11 is 0. The summed E-state index contributed by atoms with van der Waals surface area (Å²) in [4.78, 5) is 14.9. The third-order valence-corrected chi connectivity index (χ3v) is 4.91. The number of nitrogens with one attached hydrogen (secondary N) is 1. The molecule has 1 aliphatic rings. The molecule has 7 nitrogen and oxygen atoms in total. The number of carbonyl (C=O) groups is 1. The molecule has 27 heavy (non-hydrogen) atoms. The maximum Gasteiger partial charge on any atom is 0.273 e. The second kappa shape index (κ2) is 8.18. The van der Waals surface area contributed by atoms with E-state index >= 15 is 0 Å². The third kappa shape index (κ3) is 4.09. The lowest BCUT2D eigenvalue weighted by molar-refractivity contribution is 0.0909. The van der Waals surface area contributed by atoms with Crippen LogP contribution in [0.3, 0.4) is 0 Å². The molecule has 4 rings (SSSR count). The number of piperidine rings is 1. The van der Waals surface area contributed by atoms with E-state index in [9.17, 15) is 4.79 Å². The Labute approximate surface area is 158 Å². The van der Waals surface area contributed by atoms with Crippen LogP contribution in [0.5, 0.6) is 0 Å². The molecule has 0 saturated carbocycles. The Balaban J connectivity index is 1.43. The first-order chi connectivity index (χ1) is 13.3. The number of amides is 1. The topological polar surface area (TPSA) is 76.2 Å². The summed E-state index contributed by atoms with van der Waals surface area (Å²) in [7, 11) is 0. The minimum Gasteiger partial charge on any atom is -0.468 e. The van der Waals surface area contributed by atoms with E-state index in [-0.39, 0.29) is 11.9 Å². The van der Waals surface area contributed by atoms with Crippen molar-refractivity contribution in [2.75, 3.05) is 19.6 Å². The van der Waals surface area contributed by atoms with Gasteiger partial charge in [-0.15, -0.1) is 5.10 Å². The average Bonchev–Trinajstić information content (AvgIpc) is 3.42. The molecule has 0 bridgehead atoms. The number of para-hydroxylation sites is 1. The van der Waals surface area contributed by atoms with Gasteiger partial charge in [-0.1, -0.05) is 29.8 Å². The largest absolute Gasteiger partial charge is 0.468 e. The van der Waals surface area contributed by atoms with E-state index in [0.717, 1.165) is 24.5 Å². The molecule has 1 N–H and O–H groups in total. The summed E-state index contributed by atoms with van der Waals surface area (Å²) in [6.07, 6.45) is 6.94. The summed E-state index contributed by atoms with van der Waals surface area (Å²) < 4.78 is 7.22. The van der Waals surface area contributed by atoms with Crippen molar-refractivity contribution in [1.82, 2.24) is 25.2 Å². The maximum atomic E-state index is 12.6. The van der Waals surface area contributed by atoms with Gasteiger partial charge in [0.2, 0.25) is 0 Å². The van der Waals surface area contributed by atoms with Gasteiger partial charge in [-0.25, -0.2) is 4.68 Å². The van der Waals surface area contributed by atoms with Gasteiger partial charge in [0.05, 0.1) is 24.2 Å². The minimum atomic E-state index is -0.231. The van der Waals surface area contributed by atoms with Crippen molar-refractivity contribution in [3.05, 3.63) is 66.4 Å². The van der Waals surface area contributed by atoms with Crippen LogP contribution in [0.15, 0.2) is 59.3 Å². The van der Waals surface area contributed by atoms with Crippen LogP contribution in [-0.2, 0) is 0 Å². The highest BCUT2D eigenvalue weighted by molar-refractivity contribution is 5.91. The Morgan fingerprint density at radius 3 is 2.67 bits per heavy atom. The van der Waals surface area contributed by atoms with Crippen LogP contribution >= 0.6 is 0 Å². The smallest absolute Gasteiger partial charge is 0.273 e. The maximum absolute atomic E-state index is 12.6. The highest BCUT2D eigenvalue weighted by Crippen LogP contribution is 2.24. The molecular formula is C20H23N5O2. The number of benzene rings is 1. The molecule has 3 aromatic rings.